The molecule has 60 valence electrons. The van der Waals surface area contributed by atoms with Gasteiger partial charge in [0, 0.05) is 25.2 Å². The van der Waals surface area contributed by atoms with Gasteiger partial charge in [0.25, 0.3) is 0 Å². The molecule has 0 spiro atoms. The van der Waals surface area contributed by atoms with Crippen LogP contribution in [-0.2, 0) is 0 Å². The second-order valence-electron chi connectivity index (χ2n) is 2.43. The van der Waals surface area contributed by atoms with Crippen LogP contribution < -0.4 is 11.1 Å². The van der Waals surface area contributed by atoms with Gasteiger partial charge in [-0.2, -0.15) is 0 Å². The Morgan fingerprint density at radius 3 is 2.60 bits per heavy atom. The molecular formula is C7H15FN2. The number of alkyl halides is 1. The summed E-state index contributed by atoms with van der Waals surface area (Å²) in [7, 11) is 1.72. The van der Waals surface area contributed by atoms with Crippen LogP contribution in [0.5, 0.6) is 0 Å². The number of hydrogen-bond acceptors (Lipinski definition) is 2. The van der Waals surface area contributed by atoms with Crippen LogP contribution in [0, 0.1) is 0 Å². The number of rotatable bonds is 4. The molecule has 0 saturated carbocycles. The molecule has 0 aliphatic rings. The zero-order chi connectivity index (χ0) is 8.15. The van der Waals surface area contributed by atoms with Gasteiger partial charge in [0.15, 0.2) is 0 Å². The summed E-state index contributed by atoms with van der Waals surface area (Å²) in [6.07, 6.45) is -0.686. The van der Waals surface area contributed by atoms with Crippen LogP contribution in [0.15, 0.2) is 12.3 Å². The molecule has 2 atom stereocenters. The van der Waals surface area contributed by atoms with Crippen molar-refractivity contribution in [3.8, 4) is 0 Å². The minimum absolute atomic E-state index is 0.300. The molecule has 2 nitrogen and oxygen atoms in total. The molecule has 0 amide bonds. The second-order valence-corrected chi connectivity index (χ2v) is 2.43. The smallest absolute Gasteiger partial charge is 0.120 e. The average Bonchev–Trinajstić information content (AvgIpc) is 1.87. The van der Waals surface area contributed by atoms with Gasteiger partial charge in [-0.25, -0.2) is 4.39 Å². The minimum atomic E-state index is -0.986. The quantitative estimate of drug-likeness (QED) is 0.615. The molecule has 0 saturated heterocycles. The Bertz CT molecular complexity index is 112. The van der Waals surface area contributed by atoms with Gasteiger partial charge in [0.05, 0.1) is 0 Å². The van der Waals surface area contributed by atoms with Gasteiger partial charge >= 0.3 is 0 Å². The molecule has 0 aliphatic heterocycles. The Morgan fingerprint density at radius 2 is 2.30 bits per heavy atom. The summed E-state index contributed by atoms with van der Waals surface area (Å²) in [5.74, 6) is 0. The zero-order valence-corrected chi connectivity index (χ0v) is 6.52. The molecular weight excluding hydrogens is 131 g/mol. The van der Waals surface area contributed by atoms with Gasteiger partial charge in [-0.15, -0.1) is 0 Å². The van der Waals surface area contributed by atoms with E-state index in [0.717, 1.165) is 0 Å². The van der Waals surface area contributed by atoms with Crippen molar-refractivity contribution >= 4 is 0 Å². The second kappa shape index (κ2) is 4.28. The fourth-order valence-electron chi connectivity index (χ4n) is 0.523. The van der Waals surface area contributed by atoms with E-state index >= 15 is 0 Å². The van der Waals surface area contributed by atoms with Gasteiger partial charge < -0.3 is 11.1 Å². The topological polar surface area (TPSA) is 38.0 Å². The van der Waals surface area contributed by atoms with Crippen LogP contribution in [0.2, 0.25) is 0 Å². The molecule has 0 aromatic heterocycles. The van der Waals surface area contributed by atoms with Gasteiger partial charge in [0.1, 0.15) is 6.17 Å². The van der Waals surface area contributed by atoms with Crippen molar-refractivity contribution in [2.45, 2.75) is 25.6 Å². The number of nitrogens with one attached hydrogen (secondary N) is 1. The highest BCUT2D eigenvalue weighted by atomic mass is 19.1. The maximum absolute atomic E-state index is 12.7. The Labute approximate surface area is 61.3 Å². The summed E-state index contributed by atoms with van der Waals surface area (Å²) in [5, 5.41) is 2.76. The first-order valence-corrected chi connectivity index (χ1v) is 3.33. The van der Waals surface area contributed by atoms with Gasteiger partial charge in [-0.1, -0.05) is 6.58 Å². The lowest BCUT2D eigenvalue weighted by atomic mass is 10.1. The molecule has 0 bridgehead atoms. The van der Waals surface area contributed by atoms with Crippen molar-refractivity contribution in [2.24, 2.45) is 5.73 Å². The molecule has 10 heavy (non-hydrogen) atoms. The van der Waals surface area contributed by atoms with E-state index in [1.165, 1.54) is 0 Å². The van der Waals surface area contributed by atoms with Crippen LogP contribution in [0.25, 0.3) is 0 Å². The van der Waals surface area contributed by atoms with Crippen LogP contribution in [-0.4, -0.2) is 19.3 Å². The molecule has 3 N–H and O–H groups in total. The van der Waals surface area contributed by atoms with Crippen molar-refractivity contribution in [3.63, 3.8) is 0 Å². The van der Waals surface area contributed by atoms with Crippen LogP contribution in [0.3, 0.4) is 0 Å². The van der Waals surface area contributed by atoms with Crippen LogP contribution in [0.1, 0.15) is 13.3 Å². The van der Waals surface area contributed by atoms with Gasteiger partial charge in [-0.05, 0) is 6.92 Å². The monoisotopic (exact) mass is 146 g/mol. The number of halogens is 1. The van der Waals surface area contributed by atoms with Crippen molar-refractivity contribution < 1.29 is 4.39 Å². The Hall–Kier alpha value is -0.570. The summed E-state index contributed by atoms with van der Waals surface area (Å²) >= 11 is 0. The van der Waals surface area contributed by atoms with Crippen molar-refractivity contribution in [1.82, 2.24) is 5.32 Å². The third-order valence-corrected chi connectivity index (χ3v) is 1.37. The highest BCUT2D eigenvalue weighted by Gasteiger charge is 2.11. The molecule has 0 aliphatic carbocycles. The molecule has 0 radical (unpaired) electrons. The van der Waals surface area contributed by atoms with E-state index in [-0.39, 0.29) is 0 Å². The van der Waals surface area contributed by atoms with E-state index in [1.54, 1.807) is 14.0 Å². The summed E-state index contributed by atoms with van der Waals surface area (Å²) in [6, 6.07) is -0.412. The fraction of sp³-hybridized carbons (Fsp3) is 0.714. The number of hydrogen-bond donors (Lipinski definition) is 2. The Balaban J connectivity index is 3.57. The Kier molecular flexibility index (Phi) is 4.03. The standard InChI is InChI=1S/C7H15FN2/c1-5(10-3)4-7(8)6(2)9/h6-7,10H,1,4,9H2,2-3H3. The lowest BCUT2D eigenvalue weighted by Gasteiger charge is -2.12. The van der Waals surface area contributed by atoms with Crippen LogP contribution in [0.4, 0.5) is 4.39 Å². The highest BCUT2D eigenvalue weighted by molar-refractivity contribution is 4.93. The molecule has 0 fully saturated rings. The summed E-state index contributed by atoms with van der Waals surface area (Å²) in [5.41, 5.74) is 5.98. The van der Waals surface area contributed by atoms with Crippen LogP contribution >= 0.6 is 0 Å². The molecule has 0 rings (SSSR count). The van der Waals surface area contributed by atoms with E-state index in [9.17, 15) is 4.39 Å². The fourth-order valence-corrected chi connectivity index (χ4v) is 0.523. The lowest BCUT2D eigenvalue weighted by Crippen LogP contribution is -2.29. The van der Waals surface area contributed by atoms with Crippen molar-refractivity contribution in [1.29, 1.82) is 0 Å². The normalized spacial score (nSPS) is 16.0. The summed E-state index contributed by atoms with van der Waals surface area (Å²) in [4.78, 5) is 0. The van der Waals surface area contributed by atoms with E-state index in [4.69, 9.17) is 5.73 Å². The van der Waals surface area contributed by atoms with Gasteiger partial charge in [-0.3, -0.25) is 0 Å². The van der Waals surface area contributed by atoms with E-state index in [1.807, 2.05) is 0 Å². The molecule has 3 heteroatoms. The molecule has 2 unspecified atom stereocenters. The maximum atomic E-state index is 12.7. The predicted molar refractivity (Wildman–Crippen MR) is 41.4 cm³/mol. The van der Waals surface area contributed by atoms with E-state index in [0.29, 0.717) is 12.1 Å². The number of allylic oxidation sites excluding steroid dienone is 1. The summed E-state index contributed by atoms with van der Waals surface area (Å²) < 4.78 is 12.7. The highest BCUT2D eigenvalue weighted by Crippen LogP contribution is 2.06. The predicted octanol–water partition coefficient (Wildman–Crippen LogP) is 0.795. The van der Waals surface area contributed by atoms with E-state index < -0.39 is 12.2 Å². The first kappa shape index (κ1) is 9.43. The SMILES string of the molecule is C=C(CC(F)C(C)N)NC. The van der Waals surface area contributed by atoms with E-state index in [2.05, 4.69) is 11.9 Å². The third-order valence-electron chi connectivity index (χ3n) is 1.37. The van der Waals surface area contributed by atoms with Crippen molar-refractivity contribution in [2.75, 3.05) is 7.05 Å². The largest absolute Gasteiger partial charge is 0.392 e. The minimum Gasteiger partial charge on any atom is -0.392 e. The zero-order valence-electron chi connectivity index (χ0n) is 6.52. The molecule has 0 aromatic carbocycles. The molecule has 0 aromatic rings. The Morgan fingerprint density at radius 1 is 1.80 bits per heavy atom. The van der Waals surface area contributed by atoms with Crippen molar-refractivity contribution in [3.05, 3.63) is 12.3 Å². The maximum Gasteiger partial charge on any atom is 0.120 e. The molecule has 0 heterocycles. The first-order chi connectivity index (χ1) is 4.57. The summed E-state index contributed by atoms with van der Waals surface area (Å²) in [6.45, 7) is 5.24. The number of nitrogens with two attached hydrogens (primary N) is 1. The third kappa shape index (κ3) is 3.45. The average molecular weight is 146 g/mol. The lowest BCUT2D eigenvalue weighted by molar-refractivity contribution is 0.287. The van der Waals surface area contributed by atoms with Gasteiger partial charge in [0.2, 0.25) is 0 Å². The first-order valence-electron chi connectivity index (χ1n) is 3.33.